The molecule has 15 heteroatoms. The van der Waals surface area contributed by atoms with Gasteiger partial charge in [0.05, 0.1) is 64.1 Å². The van der Waals surface area contributed by atoms with E-state index >= 15 is 0 Å². The summed E-state index contributed by atoms with van der Waals surface area (Å²) >= 11 is 0. The van der Waals surface area contributed by atoms with Crippen LogP contribution in [-0.2, 0) is 42.7 Å². The Bertz CT molecular complexity index is 772. The molecule has 0 radical (unpaired) electrons. The number of nitrogens with one attached hydrogen (secondary N) is 2. The van der Waals surface area contributed by atoms with Crippen LogP contribution in [0.4, 0.5) is 4.79 Å². The molecule has 7 unspecified atom stereocenters. The monoisotopic (exact) mass is 596 g/mol. The van der Waals surface area contributed by atoms with Crippen LogP contribution in [0.15, 0.2) is 0 Å². The number of aliphatic hydroxyl groups is 3. The number of carbonyl (C=O) groups excluding carboxylic acids is 2. The van der Waals surface area contributed by atoms with Gasteiger partial charge in [-0.1, -0.05) is 0 Å². The van der Waals surface area contributed by atoms with E-state index in [0.717, 1.165) is 6.42 Å². The van der Waals surface area contributed by atoms with Crippen molar-refractivity contribution in [1.82, 2.24) is 10.6 Å². The van der Waals surface area contributed by atoms with E-state index in [0.29, 0.717) is 6.61 Å². The molecule has 7 atom stereocenters. The molecule has 2 aliphatic heterocycles. The highest BCUT2D eigenvalue weighted by molar-refractivity contribution is 5.73. The normalized spacial score (nSPS) is 28.4. The maximum absolute atomic E-state index is 12.0. The Kier molecular flexibility index (Phi) is 15.7. The standard InChI is InChI=1S/C26H48N2O13/c1-16(2)39-20(40-18-12-26(4,5)38-14-18)15-37-25(33)27-6-7-34-8-9-35-10-11-36-24-21(28-17(3)30)23(32)22(31)19(13-29)41-24/h16,18-24,29,31-32H,6-15H2,1-5H3,(H,27,33)(H,28,30). The molecule has 0 aromatic carbocycles. The molecule has 5 N–H and O–H groups in total. The number of ether oxygens (including phenoxy) is 8. The van der Waals surface area contributed by atoms with Crippen molar-refractivity contribution in [3.8, 4) is 0 Å². The topological polar surface area (TPSA) is 193 Å². The number of aliphatic hydroxyl groups excluding tert-OH is 3. The zero-order valence-corrected chi connectivity index (χ0v) is 24.6. The first-order valence-corrected chi connectivity index (χ1v) is 13.9. The van der Waals surface area contributed by atoms with Gasteiger partial charge in [-0.05, 0) is 27.7 Å². The summed E-state index contributed by atoms with van der Waals surface area (Å²) < 4.78 is 44.4. The van der Waals surface area contributed by atoms with Crippen LogP contribution in [0, 0.1) is 0 Å². The molecule has 0 bridgehead atoms. The third kappa shape index (κ3) is 13.5. The molecule has 0 aliphatic carbocycles. The largest absolute Gasteiger partial charge is 0.444 e. The number of amides is 2. The molecule has 0 spiro atoms. The van der Waals surface area contributed by atoms with Gasteiger partial charge < -0.3 is 63.8 Å². The van der Waals surface area contributed by atoms with Crippen molar-refractivity contribution in [2.45, 2.75) is 95.8 Å². The average molecular weight is 597 g/mol. The van der Waals surface area contributed by atoms with Crippen LogP contribution < -0.4 is 10.6 Å². The summed E-state index contributed by atoms with van der Waals surface area (Å²) in [6.45, 7) is 10.1. The van der Waals surface area contributed by atoms with Gasteiger partial charge in [-0.15, -0.1) is 0 Å². The molecule has 240 valence electrons. The number of hydrogen-bond acceptors (Lipinski definition) is 13. The van der Waals surface area contributed by atoms with Gasteiger partial charge in [0, 0.05) is 19.9 Å². The van der Waals surface area contributed by atoms with Crippen molar-refractivity contribution in [3.63, 3.8) is 0 Å². The average Bonchev–Trinajstić information content (AvgIpc) is 3.24. The number of rotatable bonds is 18. The highest BCUT2D eigenvalue weighted by atomic mass is 16.7. The first kappa shape index (κ1) is 35.5. The quantitative estimate of drug-likeness (QED) is 0.0961. The van der Waals surface area contributed by atoms with Gasteiger partial charge in [0.25, 0.3) is 0 Å². The SMILES string of the molecule is CC(=O)NC1C(OCCOCCOCCNC(=O)OCC(OC(C)C)OC2COC(C)(C)C2)OC(CO)C(O)C1O. The summed E-state index contributed by atoms with van der Waals surface area (Å²) in [6, 6.07) is -1.01. The van der Waals surface area contributed by atoms with Crippen LogP contribution in [0.5, 0.6) is 0 Å². The molecule has 2 amide bonds. The lowest BCUT2D eigenvalue weighted by Gasteiger charge is -2.42. The minimum Gasteiger partial charge on any atom is -0.444 e. The van der Waals surface area contributed by atoms with Crippen molar-refractivity contribution >= 4 is 12.0 Å². The first-order valence-electron chi connectivity index (χ1n) is 13.9. The Balaban J connectivity index is 1.53. The first-order chi connectivity index (χ1) is 19.4. The zero-order valence-electron chi connectivity index (χ0n) is 24.6. The maximum Gasteiger partial charge on any atom is 0.407 e. The smallest absolute Gasteiger partial charge is 0.407 e. The van der Waals surface area contributed by atoms with Crippen LogP contribution >= 0.6 is 0 Å². The van der Waals surface area contributed by atoms with Gasteiger partial charge in [0.2, 0.25) is 5.91 Å². The summed E-state index contributed by atoms with van der Waals surface area (Å²) in [6.07, 6.45) is -5.72. The van der Waals surface area contributed by atoms with Crippen LogP contribution in [0.2, 0.25) is 0 Å². The van der Waals surface area contributed by atoms with Gasteiger partial charge in [0.1, 0.15) is 31.0 Å². The second-order valence-electron chi connectivity index (χ2n) is 10.7. The molecule has 0 aromatic heterocycles. The van der Waals surface area contributed by atoms with Crippen molar-refractivity contribution < 1.29 is 62.8 Å². The highest BCUT2D eigenvalue weighted by Gasteiger charge is 2.45. The fourth-order valence-electron chi connectivity index (χ4n) is 4.28. The van der Waals surface area contributed by atoms with Gasteiger partial charge in [0.15, 0.2) is 12.6 Å². The summed E-state index contributed by atoms with van der Waals surface area (Å²) in [4.78, 5) is 23.5. The van der Waals surface area contributed by atoms with E-state index in [1.807, 2.05) is 27.7 Å². The Morgan fingerprint density at radius 3 is 2.34 bits per heavy atom. The zero-order chi connectivity index (χ0) is 30.4. The summed E-state index contributed by atoms with van der Waals surface area (Å²) in [5.41, 5.74) is -0.257. The minimum absolute atomic E-state index is 0.0602. The van der Waals surface area contributed by atoms with E-state index in [2.05, 4.69) is 10.6 Å². The molecule has 2 saturated heterocycles. The lowest BCUT2D eigenvalue weighted by Crippen LogP contribution is -2.64. The summed E-state index contributed by atoms with van der Waals surface area (Å²) in [5, 5.41) is 34.7. The fourth-order valence-corrected chi connectivity index (χ4v) is 4.28. The number of alkyl carbamates (subject to hydrolysis) is 1. The van der Waals surface area contributed by atoms with E-state index in [1.165, 1.54) is 6.92 Å². The Hall–Kier alpha value is -1.66. The van der Waals surface area contributed by atoms with Crippen LogP contribution in [0.1, 0.15) is 41.0 Å². The van der Waals surface area contributed by atoms with Crippen molar-refractivity contribution in [2.75, 3.05) is 59.4 Å². The van der Waals surface area contributed by atoms with E-state index in [4.69, 9.17) is 37.9 Å². The van der Waals surface area contributed by atoms with Gasteiger partial charge in [-0.2, -0.15) is 0 Å². The van der Waals surface area contributed by atoms with E-state index < -0.39 is 55.5 Å². The summed E-state index contributed by atoms with van der Waals surface area (Å²) in [5.74, 6) is -0.436. The van der Waals surface area contributed by atoms with Crippen LogP contribution in [0.25, 0.3) is 0 Å². The third-order valence-electron chi connectivity index (χ3n) is 6.15. The van der Waals surface area contributed by atoms with E-state index in [9.17, 15) is 24.9 Å². The van der Waals surface area contributed by atoms with E-state index in [-0.39, 0.29) is 64.0 Å². The second-order valence-corrected chi connectivity index (χ2v) is 10.7. The van der Waals surface area contributed by atoms with Gasteiger partial charge in [-0.3, -0.25) is 4.79 Å². The molecular weight excluding hydrogens is 548 g/mol. The lowest BCUT2D eigenvalue weighted by molar-refractivity contribution is -0.272. The molecule has 41 heavy (non-hydrogen) atoms. The second kappa shape index (κ2) is 18.1. The molecule has 2 rings (SSSR count). The summed E-state index contributed by atoms with van der Waals surface area (Å²) in [7, 11) is 0. The lowest BCUT2D eigenvalue weighted by atomic mass is 9.97. The predicted octanol–water partition coefficient (Wildman–Crippen LogP) is -0.959. The highest BCUT2D eigenvalue weighted by Crippen LogP contribution is 2.27. The van der Waals surface area contributed by atoms with Crippen molar-refractivity contribution in [2.24, 2.45) is 0 Å². The molecule has 2 fully saturated rings. The van der Waals surface area contributed by atoms with Crippen LogP contribution in [0.3, 0.4) is 0 Å². The Labute approximate surface area is 241 Å². The molecule has 0 aromatic rings. The molecule has 2 heterocycles. The maximum atomic E-state index is 12.0. The van der Waals surface area contributed by atoms with Gasteiger partial charge in [-0.25, -0.2) is 4.79 Å². The molecule has 0 saturated carbocycles. The molecule has 2 aliphatic rings. The van der Waals surface area contributed by atoms with Crippen molar-refractivity contribution in [1.29, 1.82) is 0 Å². The number of carbonyl (C=O) groups is 2. The third-order valence-corrected chi connectivity index (χ3v) is 6.15. The van der Waals surface area contributed by atoms with Crippen molar-refractivity contribution in [3.05, 3.63) is 0 Å². The molecular formula is C26H48N2O13. The van der Waals surface area contributed by atoms with Crippen LogP contribution in [-0.4, -0.2) is 141 Å². The molecule has 15 nitrogen and oxygen atoms in total. The number of hydrogen-bond donors (Lipinski definition) is 5. The fraction of sp³-hybridized carbons (Fsp3) is 0.923. The Morgan fingerprint density at radius 1 is 1.05 bits per heavy atom. The minimum atomic E-state index is -1.38. The predicted molar refractivity (Wildman–Crippen MR) is 142 cm³/mol. The van der Waals surface area contributed by atoms with E-state index in [1.54, 1.807) is 0 Å². The van der Waals surface area contributed by atoms with Gasteiger partial charge >= 0.3 is 6.09 Å². The Morgan fingerprint density at radius 2 is 1.73 bits per heavy atom.